The smallest absolute Gasteiger partial charge is 0.244 e. The highest BCUT2D eigenvalue weighted by atomic mass is 35.5. The lowest BCUT2D eigenvalue weighted by Crippen LogP contribution is -2.35. The van der Waals surface area contributed by atoms with E-state index in [-0.39, 0.29) is 18.6 Å². The van der Waals surface area contributed by atoms with Gasteiger partial charge in [0, 0.05) is 11.1 Å². The Bertz CT molecular complexity index is 400. The van der Waals surface area contributed by atoms with Gasteiger partial charge in [-0.25, -0.2) is 0 Å². The predicted molar refractivity (Wildman–Crippen MR) is 69.8 cm³/mol. The van der Waals surface area contributed by atoms with Crippen molar-refractivity contribution in [1.82, 2.24) is 5.32 Å². The second-order valence-corrected chi connectivity index (χ2v) is 4.06. The van der Waals surface area contributed by atoms with Gasteiger partial charge in [-0.1, -0.05) is 36.7 Å². The molecule has 17 heavy (non-hydrogen) atoms. The Kier molecular flexibility index (Phi) is 5.73. The molecule has 0 radical (unpaired) electrons. The van der Waals surface area contributed by atoms with Gasteiger partial charge in [-0.15, -0.1) is 0 Å². The maximum absolute atomic E-state index is 11.5. The van der Waals surface area contributed by atoms with Gasteiger partial charge in [-0.2, -0.15) is 0 Å². The number of nitrogens with one attached hydrogen (secondary N) is 1. The van der Waals surface area contributed by atoms with Gasteiger partial charge in [-0.3, -0.25) is 4.79 Å². The minimum atomic E-state index is -0.231. The van der Waals surface area contributed by atoms with E-state index in [0.717, 1.165) is 5.56 Å². The standard InChI is InChI=1S/C13H16ClNO2/c1-2-11(9-16)15-13(17)8-7-10-5-3-4-6-12(10)14/h3-8,11,16H,2,9H2,1H3,(H,15,17). The van der Waals surface area contributed by atoms with E-state index in [2.05, 4.69) is 5.32 Å². The molecule has 92 valence electrons. The maximum Gasteiger partial charge on any atom is 0.244 e. The number of amides is 1. The quantitative estimate of drug-likeness (QED) is 0.791. The number of aliphatic hydroxyl groups excluding tert-OH is 1. The monoisotopic (exact) mass is 253 g/mol. The van der Waals surface area contributed by atoms with E-state index in [0.29, 0.717) is 11.4 Å². The first kappa shape index (κ1) is 13.7. The van der Waals surface area contributed by atoms with Crippen molar-refractivity contribution in [3.05, 3.63) is 40.9 Å². The molecule has 0 aliphatic rings. The molecule has 0 saturated heterocycles. The summed E-state index contributed by atoms with van der Waals surface area (Å²) in [5.74, 6) is -0.231. The Balaban J connectivity index is 2.60. The van der Waals surface area contributed by atoms with Gasteiger partial charge in [0.1, 0.15) is 0 Å². The topological polar surface area (TPSA) is 49.3 Å². The molecule has 1 aromatic carbocycles. The first-order chi connectivity index (χ1) is 8.17. The molecule has 0 saturated carbocycles. The van der Waals surface area contributed by atoms with Crippen molar-refractivity contribution in [1.29, 1.82) is 0 Å². The summed E-state index contributed by atoms with van der Waals surface area (Å²) in [5, 5.41) is 12.2. The lowest BCUT2D eigenvalue weighted by atomic mass is 10.2. The Morgan fingerprint density at radius 1 is 1.53 bits per heavy atom. The molecular formula is C13H16ClNO2. The van der Waals surface area contributed by atoms with Gasteiger partial charge in [-0.05, 0) is 24.1 Å². The van der Waals surface area contributed by atoms with Crippen molar-refractivity contribution in [2.24, 2.45) is 0 Å². The average Bonchev–Trinajstić information content (AvgIpc) is 2.35. The van der Waals surface area contributed by atoms with Crippen molar-refractivity contribution >= 4 is 23.6 Å². The summed E-state index contributed by atoms with van der Waals surface area (Å²) in [6.07, 6.45) is 3.77. The minimum Gasteiger partial charge on any atom is -0.394 e. The van der Waals surface area contributed by atoms with E-state index in [1.54, 1.807) is 12.1 Å². The summed E-state index contributed by atoms with van der Waals surface area (Å²) >= 11 is 5.95. The molecule has 0 spiro atoms. The van der Waals surface area contributed by atoms with Crippen LogP contribution in [0.3, 0.4) is 0 Å². The predicted octanol–water partition coefficient (Wildman–Crippen LogP) is 2.24. The SMILES string of the molecule is CCC(CO)NC(=O)C=Cc1ccccc1Cl. The van der Waals surface area contributed by atoms with E-state index in [4.69, 9.17) is 16.7 Å². The van der Waals surface area contributed by atoms with Crippen molar-refractivity contribution in [2.75, 3.05) is 6.61 Å². The van der Waals surface area contributed by atoms with E-state index in [1.165, 1.54) is 6.08 Å². The van der Waals surface area contributed by atoms with Crippen LogP contribution in [0.5, 0.6) is 0 Å². The molecule has 0 bridgehead atoms. The van der Waals surface area contributed by atoms with E-state index in [9.17, 15) is 4.79 Å². The zero-order valence-electron chi connectivity index (χ0n) is 9.69. The van der Waals surface area contributed by atoms with Crippen LogP contribution in [0.25, 0.3) is 6.08 Å². The largest absolute Gasteiger partial charge is 0.394 e. The Morgan fingerprint density at radius 2 is 2.24 bits per heavy atom. The Hall–Kier alpha value is -1.32. The van der Waals surface area contributed by atoms with Gasteiger partial charge < -0.3 is 10.4 Å². The number of hydrogen-bond acceptors (Lipinski definition) is 2. The molecule has 0 aliphatic heterocycles. The number of halogens is 1. The summed E-state index contributed by atoms with van der Waals surface area (Å²) in [5.41, 5.74) is 0.793. The molecule has 0 fully saturated rings. The normalized spacial score (nSPS) is 12.6. The number of carbonyl (C=O) groups is 1. The van der Waals surface area contributed by atoms with E-state index >= 15 is 0 Å². The third kappa shape index (κ3) is 4.59. The Morgan fingerprint density at radius 3 is 2.82 bits per heavy atom. The third-order valence-corrected chi connectivity index (χ3v) is 2.72. The number of rotatable bonds is 5. The molecule has 1 aromatic rings. The van der Waals surface area contributed by atoms with Gasteiger partial charge in [0.05, 0.1) is 12.6 Å². The summed E-state index contributed by atoms with van der Waals surface area (Å²) in [6.45, 7) is 1.85. The number of carbonyl (C=O) groups excluding carboxylic acids is 1. The summed E-state index contributed by atoms with van der Waals surface area (Å²) in [4.78, 5) is 11.5. The molecule has 2 N–H and O–H groups in total. The number of hydrogen-bond donors (Lipinski definition) is 2. The van der Waals surface area contributed by atoms with Crippen LogP contribution in [0.1, 0.15) is 18.9 Å². The van der Waals surface area contributed by atoms with Crippen molar-refractivity contribution in [3.8, 4) is 0 Å². The second-order valence-electron chi connectivity index (χ2n) is 3.65. The van der Waals surface area contributed by atoms with Crippen LogP contribution in [0.15, 0.2) is 30.3 Å². The van der Waals surface area contributed by atoms with Crippen LogP contribution in [-0.4, -0.2) is 23.7 Å². The maximum atomic E-state index is 11.5. The van der Waals surface area contributed by atoms with Crippen molar-refractivity contribution < 1.29 is 9.90 Å². The van der Waals surface area contributed by atoms with E-state index in [1.807, 2.05) is 25.1 Å². The highest BCUT2D eigenvalue weighted by molar-refractivity contribution is 6.32. The number of benzene rings is 1. The molecule has 0 aliphatic carbocycles. The summed E-state index contributed by atoms with van der Waals surface area (Å²) in [7, 11) is 0. The van der Waals surface area contributed by atoms with Crippen molar-refractivity contribution in [3.63, 3.8) is 0 Å². The zero-order valence-corrected chi connectivity index (χ0v) is 10.4. The van der Waals surface area contributed by atoms with Gasteiger partial charge in [0.15, 0.2) is 0 Å². The van der Waals surface area contributed by atoms with Crippen LogP contribution >= 0.6 is 11.6 Å². The third-order valence-electron chi connectivity index (χ3n) is 2.38. The van der Waals surface area contributed by atoms with Gasteiger partial charge >= 0.3 is 0 Å². The molecule has 0 aromatic heterocycles. The lowest BCUT2D eigenvalue weighted by molar-refractivity contribution is -0.117. The highest BCUT2D eigenvalue weighted by Gasteiger charge is 2.06. The number of aliphatic hydroxyl groups is 1. The first-order valence-electron chi connectivity index (χ1n) is 5.51. The molecule has 1 unspecified atom stereocenters. The zero-order chi connectivity index (χ0) is 12.7. The van der Waals surface area contributed by atoms with Crippen LogP contribution in [0, 0.1) is 0 Å². The van der Waals surface area contributed by atoms with Gasteiger partial charge in [0.25, 0.3) is 0 Å². The summed E-state index contributed by atoms with van der Waals surface area (Å²) < 4.78 is 0. The lowest BCUT2D eigenvalue weighted by Gasteiger charge is -2.11. The Labute approximate surface area is 106 Å². The fourth-order valence-corrected chi connectivity index (χ4v) is 1.50. The second kappa shape index (κ2) is 7.09. The van der Waals surface area contributed by atoms with E-state index < -0.39 is 0 Å². The van der Waals surface area contributed by atoms with Crippen molar-refractivity contribution in [2.45, 2.75) is 19.4 Å². The fourth-order valence-electron chi connectivity index (χ4n) is 1.30. The molecule has 0 heterocycles. The van der Waals surface area contributed by atoms with Gasteiger partial charge in [0.2, 0.25) is 5.91 Å². The van der Waals surface area contributed by atoms with Crippen LogP contribution < -0.4 is 5.32 Å². The molecular weight excluding hydrogens is 238 g/mol. The minimum absolute atomic E-state index is 0.0534. The molecule has 1 rings (SSSR count). The summed E-state index contributed by atoms with van der Waals surface area (Å²) in [6, 6.07) is 7.08. The fraction of sp³-hybridized carbons (Fsp3) is 0.308. The highest BCUT2D eigenvalue weighted by Crippen LogP contribution is 2.15. The molecule has 4 heteroatoms. The first-order valence-corrected chi connectivity index (χ1v) is 5.89. The molecule has 1 amide bonds. The van der Waals surface area contributed by atoms with Crippen LogP contribution in [-0.2, 0) is 4.79 Å². The van der Waals surface area contributed by atoms with Crippen LogP contribution in [0.4, 0.5) is 0 Å². The van der Waals surface area contributed by atoms with Crippen LogP contribution in [0.2, 0.25) is 5.02 Å². The average molecular weight is 254 g/mol. The molecule has 1 atom stereocenters. The molecule has 3 nitrogen and oxygen atoms in total.